The van der Waals surface area contributed by atoms with Gasteiger partial charge >= 0.3 is 0 Å². The van der Waals surface area contributed by atoms with Crippen LogP contribution in [-0.4, -0.2) is 24.9 Å². The monoisotopic (exact) mass is 423 g/mol. The van der Waals surface area contributed by atoms with Crippen molar-refractivity contribution < 1.29 is 18.3 Å². The number of fused-ring (bicyclic) bond motifs is 1. The van der Waals surface area contributed by atoms with Gasteiger partial charge in [0.05, 0.1) is 12.0 Å². The minimum atomic E-state index is -3.65. The number of benzene rings is 3. The minimum Gasteiger partial charge on any atom is -0.507 e. The first-order valence-electron chi connectivity index (χ1n) is 9.78. The second-order valence-electron chi connectivity index (χ2n) is 7.84. The Hall–Kier alpha value is -2.83. The smallest absolute Gasteiger partial charge is 0.243 e. The number of phenols is 1. The molecule has 4 rings (SSSR count). The summed E-state index contributed by atoms with van der Waals surface area (Å²) in [5.74, 6) is 0.796. The second-order valence-corrected chi connectivity index (χ2v) is 9.78. The lowest BCUT2D eigenvalue weighted by Gasteiger charge is -2.16. The number of hydrogen-bond donors (Lipinski definition) is 1. The predicted octanol–water partition coefficient (Wildman–Crippen LogP) is 4.70. The maximum absolute atomic E-state index is 13.1. The third-order valence-corrected chi connectivity index (χ3v) is 7.46. The molecule has 1 aliphatic rings. The Labute approximate surface area is 177 Å². The molecule has 0 radical (unpaired) electrons. The van der Waals surface area contributed by atoms with Gasteiger partial charge in [-0.2, -0.15) is 4.31 Å². The van der Waals surface area contributed by atoms with Gasteiger partial charge in [-0.1, -0.05) is 35.9 Å². The summed E-state index contributed by atoms with van der Waals surface area (Å²) < 4.78 is 33.2. The average molecular weight is 424 g/mol. The van der Waals surface area contributed by atoms with Crippen molar-refractivity contribution in [3.63, 3.8) is 0 Å². The SMILES string of the molecule is COc1cc(C)cc(C)c1-c1ccc2c(c1O)CN(S(=O)(=O)c1ccc(C)cc1)C2. The lowest BCUT2D eigenvalue weighted by Crippen LogP contribution is -2.25. The normalized spacial score (nSPS) is 14.0. The highest BCUT2D eigenvalue weighted by molar-refractivity contribution is 7.89. The molecular weight excluding hydrogens is 398 g/mol. The molecular formula is C24H25NO4S. The summed E-state index contributed by atoms with van der Waals surface area (Å²) in [6, 6.07) is 14.5. The van der Waals surface area contributed by atoms with E-state index in [1.54, 1.807) is 31.4 Å². The third kappa shape index (κ3) is 3.36. The van der Waals surface area contributed by atoms with Gasteiger partial charge in [-0.25, -0.2) is 8.42 Å². The average Bonchev–Trinajstić information content (AvgIpc) is 3.15. The van der Waals surface area contributed by atoms with Crippen molar-refractivity contribution in [3.05, 3.63) is 76.3 Å². The zero-order valence-electron chi connectivity index (χ0n) is 17.6. The summed E-state index contributed by atoms with van der Waals surface area (Å²) in [6.07, 6.45) is 0. The van der Waals surface area contributed by atoms with Gasteiger partial charge in [0.2, 0.25) is 10.0 Å². The van der Waals surface area contributed by atoms with Crippen molar-refractivity contribution in [2.45, 2.75) is 38.8 Å². The first-order chi connectivity index (χ1) is 14.2. The quantitative estimate of drug-likeness (QED) is 0.661. The summed E-state index contributed by atoms with van der Waals surface area (Å²) in [5, 5.41) is 11.1. The van der Waals surface area contributed by atoms with E-state index >= 15 is 0 Å². The minimum absolute atomic E-state index is 0.111. The fourth-order valence-corrected chi connectivity index (χ4v) is 5.48. The van der Waals surface area contributed by atoms with E-state index in [9.17, 15) is 13.5 Å². The Bertz CT molecular complexity index is 1230. The summed E-state index contributed by atoms with van der Waals surface area (Å²) in [4.78, 5) is 0.261. The van der Waals surface area contributed by atoms with Crippen LogP contribution in [0.4, 0.5) is 0 Å². The van der Waals surface area contributed by atoms with E-state index in [4.69, 9.17) is 4.74 Å². The Kier molecular flexibility index (Phi) is 5.08. The van der Waals surface area contributed by atoms with Crippen LogP contribution in [0.25, 0.3) is 11.1 Å². The maximum atomic E-state index is 13.1. The number of ether oxygens (including phenoxy) is 1. The van der Waals surface area contributed by atoms with E-state index < -0.39 is 10.0 Å². The molecule has 1 heterocycles. The maximum Gasteiger partial charge on any atom is 0.243 e. The highest BCUT2D eigenvalue weighted by atomic mass is 32.2. The molecule has 156 valence electrons. The van der Waals surface area contributed by atoms with Crippen LogP contribution in [0.3, 0.4) is 0 Å². The predicted molar refractivity (Wildman–Crippen MR) is 117 cm³/mol. The molecule has 1 N–H and O–H groups in total. The number of phenolic OH excluding ortho intramolecular Hbond substituents is 1. The lowest BCUT2D eigenvalue weighted by atomic mass is 9.94. The molecule has 0 spiro atoms. The van der Waals surface area contributed by atoms with Crippen LogP contribution < -0.4 is 4.74 Å². The van der Waals surface area contributed by atoms with Crippen molar-refractivity contribution in [2.75, 3.05) is 7.11 Å². The summed E-state index contributed by atoms with van der Waals surface area (Å²) in [5.41, 5.74) is 6.00. The summed E-state index contributed by atoms with van der Waals surface area (Å²) in [7, 11) is -2.04. The molecule has 0 aliphatic carbocycles. The van der Waals surface area contributed by atoms with Gasteiger partial charge < -0.3 is 9.84 Å². The van der Waals surface area contributed by atoms with Crippen LogP contribution in [-0.2, 0) is 23.1 Å². The number of rotatable bonds is 4. The number of sulfonamides is 1. The van der Waals surface area contributed by atoms with Gasteiger partial charge in [-0.3, -0.25) is 0 Å². The first-order valence-corrected chi connectivity index (χ1v) is 11.2. The number of methoxy groups -OCH3 is 1. The Morgan fingerprint density at radius 2 is 1.63 bits per heavy atom. The molecule has 6 heteroatoms. The highest BCUT2D eigenvalue weighted by Crippen LogP contribution is 2.44. The van der Waals surface area contributed by atoms with Crippen LogP contribution >= 0.6 is 0 Å². The molecule has 3 aromatic rings. The fourth-order valence-electron chi connectivity index (χ4n) is 4.09. The number of nitrogens with zero attached hydrogens (tertiary/aromatic N) is 1. The fraction of sp³-hybridized carbons (Fsp3) is 0.250. The van der Waals surface area contributed by atoms with Crippen LogP contribution in [0.5, 0.6) is 11.5 Å². The van der Waals surface area contributed by atoms with E-state index in [1.165, 1.54) is 4.31 Å². The first kappa shape index (κ1) is 20.4. The largest absolute Gasteiger partial charge is 0.507 e. The molecule has 0 bridgehead atoms. The number of aromatic hydroxyl groups is 1. The van der Waals surface area contributed by atoms with E-state index in [2.05, 4.69) is 0 Å². The Morgan fingerprint density at radius 1 is 0.933 bits per heavy atom. The zero-order chi connectivity index (χ0) is 21.6. The van der Waals surface area contributed by atoms with Crippen molar-refractivity contribution >= 4 is 10.0 Å². The van der Waals surface area contributed by atoms with E-state index in [1.807, 2.05) is 45.0 Å². The highest BCUT2D eigenvalue weighted by Gasteiger charge is 2.33. The van der Waals surface area contributed by atoms with Crippen LogP contribution in [0.2, 0.25) is 0 Å². The van der Waals surface area contributed by atoms with E-state index in [0.717, 1.165) is 27.8 Å². The summed E-state index contributed by atoms with van der Waals surface area (Å²) in [6.45, 7) is 6.27. The van der Waals surface area contributed by atoms with Gasteiger partial charge in [0, 0.05) is 29.8 Å². The third-order valence-electron chi connectivity index (χ3n) is 5.65. The van der Waals surface area contributed by atoms with Crippen LogP contribution in [0.1, 0.15) is 27.8 Å². The van der Waals surface area contributed by atoms with Gasteiger partial charge in [0.25, 0.3) is 0 Å². The molecule has 0 atom stereocenters. The van der Waals surface area contributed by atoms with Gasteiger partial charge in [0.1, 0.15) is 11.5 Å². The number of hydrogen-bond acceptors (Lipinski definition) is 4. The van der Waals surface area contributed by atoms with E-state index in [-0.39, 0.29) is 23.7 Å². The number of aryl methyl sites for hydroxylation is 3. The molecule has 5 nitrogen and oxygen atoms in total. The van der Waals surface area contributed by atoms with Gasteiger partial charge in [-0.15, -0.1) is 0 Å². The Balaban J connectivity index is 1.75. The van der Waals surface area contributed by atoms with Crippen molar-refractivity contribution in [3.8, 4) is 22.6 Å². The molecule has 0 unspecified atom stereocenters. The second kappa shape index (κ2) is 7.45. The summed E-state index contributed by atoms with van der Waals surface area (Å²) >= 11 is 0. The zero-order valence-corrected chi connectivity index (χ0v) is 18.4. The Morgan fingerprint density at radius 3 is 2.30 bits per heavy atom. The molecule has 0 saturated carbocycles. The molecule has 3 aromatic carbocycles. The van der Waals surface area contributed by atoms with Gasteiger partial charge in [0.15, 0.2) is 0 Å². The molecule has 30 heavy (non-hydrogen) atoms. The molecule has 0 fully saturated rings. The lowest BCUT2D eigenvalue weighted by molar-refractivity contribution is 0.414. The molecule has 1 aliphatic heterocycles. The van der Waals surface area contributed by atoms with E-state index in [0.29, 0.717) is 16.9 Å². The van der Waals surface area contributed by atoms with Gasteiger partial charge in [-0.05, 0) is 55.7 Å². The molecule has 0 aromatic heterocycles. The van der Waals surface area contributed by atoms with Crippen molar-refractivity contribution in [2.24, 2.45) is 0 Å². The topological polar surface area (TPSA) is 66.8 Å². The molecule has 0 saturated heterocycles. The van der Waals surface area contributed by atoms with Crippen molar-refractivity contribution in [1.29, 1.82) is 0 Å². The van der Waals surface area contributed by atoms with Crippen molar-refractivity contribution in [1.82, 2.24) is 4.31 Å². The van der Waals surface area contributed by atoms with Crippen LogP contribution in [0.15, 0.2) is 53.4 Å². The van der Waals surface area contributed by atoms with Crippen LogP contribution in [0, 0.1) is 20.8 Å². The standard InChI is InChI=1S/C24H25NO4S/c1-15-5-8-19(9-6-15)30(27,28)25-13-18-7-10-20(24(26)21(18)14-25)23-17(3)11-16(2)12-22(23)29-4/h5-12,26H,13-14H2,1-4H3. The molecule has 0 amide bonds.